The first kappa shape index (κ1) is 38.1. The molecule has 2 aromatic heterocycles. The van der Waals surface area contributed by atoms with Gasteiger partial charge in [0.15, 0.2) is 0 Å². The summed E-state index contributed by atoms with van der Waals surface area (Å²) >= 11 is 0. The summed E-state index contributed by atoms with van der Waals surface area (Å²) in [5, 5.41) is 10.2. The summed E-state index contributed by atoms with van der Waals surface area (Å²) in [4.78, 5) is 64.7. The van der Waals surface area contributed by atoms with Crippen LogP contribution in [0.3, 0.4) is 0 Å². The van der Waals surface area contributed by atoms with Gasteiger partial charge in [0.1, 0.15) is 23.6 Å². The second-order valence-corrected chi connectivity index (χ2v) is 14.3. The number of carbonyl (C=O) groups is 3. The third kappa shape index (κ3) is 8.42. The molecule has 14 nitrogen and oxygen atoms in total. The monoisotopic (exact) mass is 736 g/mol. The minimum Gasteiger partial charge on any atom is -0.453 e. The number of fused-ring (bicyclic) bond motifs is 1. The maximum absolute atomic E-state index is 13.6. The van der Waals surface area contributed by atoms with Gasteiger partial charge in [-0.1, -0.05) is 51.8 Å². The SMILES string of the molecule is COO/C=N\[C@H](C(=O)N1CCC[C@H]1c1nc2cc(-c3ccc(C#Cc4cc([C@@H]5CCCN5C(=O)[C@@H](NC(=O)OC)C(C)C)[nH]n4)cc3)ccc2[nH]1)C(C)C. The Balaban J connectivity index is 1.12. The lowest BCUT2D eigenvalue weighted by Gasteiger charge is -2.30. The van der Waals surface area contributed by atoms with Gasteiger partial charge in [-0.05, 0) is 84.9 Å². The zero-order valence-corrected chi connectivity index (χ0v) is 31.6. The van der Waals surface area contributed by atoms with Crippen LogP contribution in [0.25, 0.3) is 22.2 Å². The standard InChI is InChI=1S/C40H48N8O6/c1-24(2)35(41-23-54-53-6)38(49)48-20-8-10-34(48)37-42-30-18-16-28(21-31(30)43-37)27-14-11-26(12-15-27)13-17-29-22-32(46-45-29)33-9-7-19-47(33)39(50)36(25(3)4)44-40(51)52-5/h11-12,14-16,18,21-25,33-36H,7-10,19-20H2,1-6H3,(H,42,43)(H,44,51)(H,45,46)/b41-23-/t33-,34-,35-,36-/m0/s1. The molecule has 0 aliphatic carbocycles. The molecule has 2 aliphatic heterocycles. The molecule has 2 saturated heterocycles. The predicted octanol–water partition coefficient (Wildman–Crippen LogP) is 5.69. The average molecular weight is 737 g/mol. The predicted molar refractivity (Wildman–Crippen MR) is 203 cm³/mol. The van der Waals surface area contributed by atoms with E-state index in [-0.39, 0.29) is 35.7 Å². The van der Waals surface area contributed by atoms with Crippen molar-refractivity contribution in [1.82, 2.24) is 35.3 Å². The highest BCUT2D eigenvalue weighted by molar-refractivity contribution is 5.87. The number of alkyl carbamates (subject to hydrolysis) is 1. The Labute approximate surface area is 315 Å². The van der Waals surface area contributed by atoms with Crippen LogP contribution in [0.15, 0.2) is 53.5 Å². The van der Waals surface area contributed by atoms with Crippen molar-refractivity contribution in [2.45, 2.75) is 77.5 Å². The van der Waals surface area contributed by atoms with Gasteiger partial charge >= 0.3 is 6.09 Å². The summed E-state index contributed by atoms with van der Waals surface area (Å²) < 4.78 is 4.74. The van der Waals surface area contributed by atoms with Crippen LogP contribution in [0.4, 0.5) is 4.79 Å². The van der Waals surface area contributed by atoms with E-state index in [2.05, 4.69) is 54.4 Å². The highest BCUT2D eigenvalue weighted by atomic mass is 17.2. The number of carbonyl (C=O) groups excluding carboxylic acids is 3. The Bertz CT molecular complexity index is 2040. The maximum Gasteiger partial charge on any atom is 0.407 e. The lowest BCUT2D eigenvalue weighted by molar-refractivity contribution is -0.188. The lowest BCUT2D eigenvalue weighted by Crippen LogP contribution is -2.51. The van der Waals surface area contributed by atoms with E-state index in [4.69, 9.17) is 14.6 Å². The summed E-state index contributed by atoms with van der Waals surface area (Å²) in [6.07, 6.45) is 3.89. The van der Waals surface area contributed by atoms with Crippen molar-refractivity contribution in [3.8, 4) is 23.0 Å². The number of benzene rings is 2. The van der Waals surface area contributed by atoms with Gasteiger partial charge in [-0.15, -0.1) is 0 Å². The number of aromatic nitrogens is 4. The largest absolute Gasteiger partial charge is 0.453 e. The van der Waals surface area contributed by atoms with Gasteiger partial charge in [0.05, 0.1) is 43.0 Å². The van der Waals surface area contributed by atoms with E-state index in [1.165, 1.54) is 20.6 Å². The number of aliphatic imine (C=N–C) groups is 1. The molecule has 6 rings (SSSR count). The Kier molecular flexibility index (Phi) is 12.0. The third-order valence-corrected chi connectivity index (χ3v) is 10.0. The lowest BCUT2D eigenvalue weighted by atomic mass is 10.0. The van der Waals surface area contributed by atoms with E-state index >= 15 is 0 Å². The van der Waals surface area contributed by atoms with Gasteiger partial charge in [-0.25, -0.2) is 14.8 Å². The second kappa shape index (κ2) is 17.0. The van der Waals surface area contributed by atoms with Gasteiger partial charge in [0, 0.05) is 18.7 Å². The highest BCUT2D eigenvalue weighted by Crippen LogP contribution is 2.35. The van der Waals surface area contributed by atoms with Crippen LogP contribution in [-0.2, 0) is 24.1 Å². The van der Waals surface area contributed by atoms with Gasteiger partial charge in [-0.3, -0.25) is 14.7 Å². The molecule has 4 aromatic rings. The first-order valence-electron chi connectivity index (χ1n) is 18.4. The number of H-pyrrole nitrogens is 2. The van der Waals surface area contributed by atoms with E-state index in [1.807, 2.05) is 69.0 Å². The smallest absolute Gasteiger partial charge is 0.407 e. The quantitative estimate of drug-likeness (QED) is 0.0581. The number of amides is 3. The number of aromatic amines is 2. The summed E-state index contributed by atoms with van der Waals surface area (Å²) in [6, 6.07) is 14.4. The molecule has 2 aliphatic rings. The summed E-state index contributed by atoms with van der Waals surface area (Å²) in [6.45, 7) is 8.95. The van der Waals surface area contributed by atoms with Crippen LogP contribution < -0.4 is 5.32 Å². The molecule has 3 N–H and O–H groups in total. The van der Waals surface area contributed by atoms with Crippen molar-refractivity contribution in [2.75, 3.05) is 27.3 Å². The number of imidazole rings is 1. The fraction of sp³-hybridized carbons (Fsp3) is 0.450. The zero-order chi connectivity index (χ0) is 38.4. The molecule has 14 heteroatoms. The fourth-order valence-corrected chi connectivity index (χ4v) is 7.19. The molecule has 0 bridgehead atoms. The number of hydrogen-bond donors (Lipinski definition) is 3. The van der Waals surface area contributed by atoms with Gasteiger partial charge in [0.2, 0.25) is 18.2 Å². The Hall–Kier alpha value is -5.68. The Morgan fingerprint density at radius 3 is 2.30 bits per heavy atom. The molecule has 3 amide bonds. The summed E-state index contributed by atoms with van der Waals surface area (Å²) in [7, 11) is 2.68. The maximum atomic E-state index is 13.6. The first-order valence-corrected chi connectivity index (χ1v) is 18.4. The normalized spacial score (nSPS) is 18.3. The number of likely N-dealkylation sites (tertiary alicyclic amines) is 2. The molecule has 4 atom stereocenters. The third-order valence-electron chi connectivity index (χ3n) is 10.0. The number of rotatable bonds is 11. The Morgan fingerprint density at radius 2 is 1.61 bits per heavy atom. The minimum absolute atomic E-state index is 0.0151. The van der Waals surface area contributed by atoms with Crippen molar-refractivity contribution in [1.29, 1.82) is 0 Å². The van der Waals surface area contributed by atoms with E-state index in [0.29, 0.717) is 18.8 Å². The van der Waals surface area contributed by atoms with Gasteiger partial charge in [0.25, 0.3) is 0 Å². The number of nitrogens with one attached hydrogen (secondary N) is 3. The molecule has 0 saturated carbocycles. The molecular weight excluding hydrogens is 688 g/mol. The molecule has 2 aromatic carbocycles. The number of nitrogens with zero attached hydrogens (tertiary/aromatic N) is 5. The van der Waals surface area contributed by atoms with E-state index < -0.39 is 18.2 Å². The van der Waals surface area contributed by atoms with Gasteiger partial charge in [-0.2, -0.15) is 9.99 Å². The molecule has 54 heavy (non-hydrogen) atoms. The molecule has 0 radical (unpaired) electrons. The van der Waals surface area contributed by atoms with Crippen LogP contribution in [-0.4, -0.2) is 93.7 Å². The van der Waals surface area contributed by atoms with Crippen molar-refractivity contribution in [3.05, 3.63) is 71.3 Å². The van der Waals surface area contributed by atoms with E-state index in [0.717, 1.165) is 64.9 Å². The van der Waals surface area contributed by atoms with E-state index in [9.17, 15) is 14.4 Å². The van der Waals surface area contributed by atoms with Crippen LogP contribution in [0.1, 0.15) is 88.2 Å². The highest BCUT2D eigenvalue weighted by Gasteiger charge is 2.38. The van der Waals surface area contributed by atoms with Crippen molar-refractivity contribution in [2.24, 2.45) is 16.8 Å². The molecule has 4 heterocycles. The van der Waals surface area contributed by atoms with Crippen molar-refractivity contribution >= 4 is 35.3 Å². The van der Waals surface area contributed by atoms with Crippen LogP contribution in [0.2, 0.25) is 0 Å². The number of hydrogen-bond acceptors (Lipinski definition) is 9. The number of methoxy groups -OCH3 is 1. The fourth-order valence-electron chi connectivity index (χ4n) is 7.19. The van der Waals surface area contributed by atoms with E-state index in [1.54, 1.807) is 4.90 Å². The Morgan fingerprint density at radius 1 is 0.907 bits per heavy atom. The summed E-state index contributed by atoms with van der Waals surface area (Å²) in [5.41, 5.74) is 6.00. The molecule has 0 unspecified atom stereocenters. The minimum atomic E-state index is -0.686. The molecular formula is C40H48N8O6. The van der Waals surface area contributed by atoms with Crippen molar-refractivity contribution < 1.29 is 28.9 Å². The van der Waals surface area contributed by atoms with Crippen LogP contribution >= 0.6 is 0 Å². The van der Waals surface area contributed by atoms with Crippen molar-refractivity contribution in [3.63, 3.8) is 0 Å². The molecule has 0 spiro atoms. The first-order chi connectivity index (χ1) is 26.1. The topological polar surface area (TPSA) is 167 Å². The zero-order valence-electron chi connectivity index (χ0n) is 31.6. The summed E-state index contributed by atoms with van der Waals surface area (Å²) in [5.74, 6) is 6.79. The molecule has 2 fully saturated rings. The molecule has 284 valence electrons. The average Bonchev–Trinajstić information content (AvgIpc) is 4.00. The van der Waals surface area contributed by atoms with Crippen LogP contribution in [0, 0.1) is 23.7 Å². The second-order valence-electron chi connectivity index (χ2n) is 14.3. The number of ether oxygens (including phenoxy) is 1. The van der Waals surface area contributed by atoms with Crippen LogP contribution in [0.5, 0.6) is 0 Å². The van der Waals surface area contributed by atoms with Gasteiger partial charge < -0.3 is 29.7 Å².